The first-order valence-electron chi connectivity index (χ1n) is 37.6. The van der Waals surface area contributed by atoms with Crippen LogP contribution in [0.4, 0.5) is 50.4 Å². The van der Waals surface area contributed by atoms with Crippen molar-refractivity contribution in [2.45, 2.75) is 223 Å². The van der Waals surface area contributed by atoms with E-state index in [1.807, 2.05) is 13.8 Å². The lowest BCUT2D eigenvalue weighted by Crippen LogP contribution is -2.38. The van der Waals surface area contributed by atoms with Crippen LogP contribution in [-0.4, -0.2) is 179 Å². The normalized spacial score (nSPS) is 12.9. The van der Waals surface area contributed by atoms with E-state index in [0.717, 1.165) is 43.3 Å². The molecule has 7 atom stereocenters. The van der Waals surface area contributed by atoms with Crippen LogP contribution in [0.5, 0.6) is 0 Å². The molecule has 0 saturated carbocycles. The SMILES string of the molecule is CCOP(=O)(OCC)C(F)C(=O)OC(C)(C)C.C[N+](=O)[O-].Cc1ccc(N)cc1C(CN)C(F)C(=O)OC(C)(C)C.Cc1ccc(N)cc1C(CN[B]C=O)C(F)C(=O)OC(C)(C)C.Cc1ccc([N+](=O)[O-])cc1C(C[N+](=O)[O-])C(F)C(=O)OC(C)(C)C.Cc1ccc([N+](=O)[O-])cc1C=C(F)C(=O)OC(C)(C)C.Cc1ccc([N+](=O)[O-])cc1C=O.O=CCCl. The number of aryl methyl sites for hydroxylation is 5. The second-order valence-corrected chi connectivity index (χ2v) is 33.7. The summed E-state index contributed by atoms with van der Waals surface area (Å²) in [6.45, 7) is 35.2. The fourth-order valence-corrected chi connectivity index (χ4v) is 11.0. The van der Waals surface area contributed by atoms with Gasteiger partial charge in [-0.3, -0.25) is 59.9 Å². The summed E-state index contributed by atoms with van der Waals surface area (Å²) in [4.78, 5) is 137. The monoisotopic (exact) mass is 1800 g/mol. The average Bonchev–Trinajstić information content (AvgIpc) is 0.795. The van der Waals surface area contributed by atoms with Crippen LogP contribution in [-0.2, 0) is 70.9 Å². The minimum absolute atomic E-state index is 0.00467. The summed E-state index contributed by atoms with van der Waals surface area (Å²) in [5, 5.41) is 54.2. The first-order valence-corrected chi connectivity index (χ1v) is 39.7. The number of rotatable bonds is 29. The summed E-state index contributed by atoms with van der Waals surface area (Å²) in [7, 11) is -2.04. The second kappa shape index (κ2) is 55.2. The van der Waals surface area contributed by atoms with Gasteiger partial charge in [-0.2, -0.15) is 4.39 Å². The number of nitrogen functional groups attached to an aromatic ring is 2. The predicted octanol–water partition coefficient (Wildman–Crippen LogP) is 15.5. The zero-order chi connectivity index (χ0) is 97.1. The Labute approximate surface area is 722 Å². The van der Waals surface area contributed by atoms with Crippen molar-refractivity contribution in [1.82, 2.24) is 5.23 Å². The van der Waals surface area contributed by atoms with Gasteiger partial charge in [-0.05, 0) is 239 Å². The zero-order valence-corrected chi connectivity index (χ0v) is 75.3. The number of aldehydes is 2. The summed E-state index contributed by atoms with van der Waals surface area (Å²) in [6, 6.07) is 22.1. The number of nitro benzene ring substituents is 3. The number of nitro groups is 5. The molecule has 1 radical (unpaired) electrons. The van der Waals surface area contributed by atoms with Crippen LogP contribution in [0.1, 0.15) is 196 Å². The number of halogens is 6. The molecule has 5 aromatic rings. The minimum atomic E-state index is -4.09. The molecule has 0 aromatic heterocycles. The molecule has 7 N–H and O–H groups in total. The zero-order valence-electron chi connectivity index (χ0n) is 73.6. The van der Waals surface area contributed by atoms with Crippen molar-refractivity contribution in [2.75, 3.05) is 57.2 Å². The molecule has 0 heterocycles. The third kappa shape index (κ3) is 48.1. The molecule has 0 aliphatic heterocycles. The molecule has 0 saturated heterocycles. The Kier molecular flexibility index (Phi) is 52.1. The van der Waals surface area contributed by atoms with Crippen LogP contribution in [0, 0.1) is 85.2 Å². The van der Waals surface area contributed by atoms with E-state index in [1.165, 1.54) is 63.2 Å². The van der Waals surface area contributed by atoms with Crippen LogP contribution in [0.3, 0.4) is 0 Å². The number of nitrogens with zero attached hydrogens (tertiary/aromatic N) is 5. The number of carbonyl (C=O) groups is 8. The molecule has 0 fully saturated rings. The van der Waals surface area contributed by atoms with Crippen LogP contribution < -0.4 is 22.4 Å². The Bertz CT molecular complexity index is 4470. The number of nitrogens with two attached hydrogens (primary N) is 3. The van der Waals surface area contributed by atoms with Gasteiger partial charge in [-0.1, -0.05) is 30.3 Å². The summed E-state index contributed by atoms with van der Waals surface area (Å²) in [5.41, 5.74) is 18.8. The van der Waals surface area contributed by atoms with Crippen molar-refractivity contribution < 1.29 is 122 Å². The van der Waals surface area contributed by atoms with Crippen molar-refractivity contribution in [3.05, 3.63) is 203 Å². The Balaban J connectivity index is -0.00000140. The molecule has 43 heteroatoms. The van der Waals surface area contributed by atoms with E-state index in [2.05, 4.69) is 5.23 Å². The lowest BCUT2D eigenvalue weighted by Gasteiger charge is -2.26. The Morgan fingerprint density at radius 2 is 0.823 bits per heavy atom. The number of hydrogen-bond acceptors (Lipinski definition) is 30. The summed E-state index contributed by atoms with van der Waals surface area (Å²) >= 11 is 4.82. The highest BCUT2D eigenvalue weighted by Crippen LogP contribution is 2.54. The van der Waals surface area contributed by atoms with Crippen LogP contribution >= 0.6 is 19.2 Å². The molecule has 124 heavy (non-hydrogen) atoms. The Morgan fingerprint density at radius 3 is 1.15 bits per heavy atom. The fraction of sp³-hybridized carbons (Fsp3) is 0.506. The van der Waals surface area contributed by atoms with Crippen molar-refractivity contribution in [1.29, 1.82) is 0 Å². The highest BCUT2D eigenvalue weighted by Gasteiger charge is 2.45. The van der Waals surface area contributed by atoms with Gasteiger partial charge in [0, 0.05) is 81.6 Å². The van der Waals surface area contributed by atoms with E-state index in [9.17, 15) is 101 Å². The maximum absolute atomic E-state index is 14.8. The molecule has 7 unspecified atom stereocenters. The number of benzene rings is 5. The van der Waals surface area contributed by atoms with E-state index in [1.54, 1.807) is 160 Å². The largest absolute Gasteiger partial charge is 0.458 e. The maximum atomic E-state index is 14.8. The molecule has 35 nitrogen and oxygen atoms in total. The fourth-order valence-electron chi connectivity index (χ4n) is 9.65. The summed E-state index contributed by atoms with van der Waals surface area (Å²) in [5.74, 6) is -11.8. The second-order valence-electron chi connectivity index (χ2n) is 31.3. The molecule has 5 rings (SSSR count). The van der Waals surface area contributed by atoms with Crippen molar-refractivity contribution >= 4 is 110 Å². The number of carbonyl (C=O) groups excluding carboxylic acids is 8. The molecule has 0 aliphatic rings. The number of hydrogen-bond donors (Lipinski definition) is 4. The van der Waals surface area contributed by atoms with E-state index < -0.39 is 145 Å². The van der Waals surface area contributed by atoms with Crippen molar-refractivity contribution in [2.24, 2.45) is 5.73 Å². The molecule has 5 aromatic carbocycles. The maximum Gasteiger partial charge on any atom is 0.376 e. The van der Waals surface area contributed by atoms with Crippen LogP contribution in [0.15, 0.2) is 96.8 Å². The lowest BCUT2D eigenvalue weighted by molar-refractivity contribution is -0.484. The summed E-state index contributed by atoms with van der Waals surface area (Å²) in [6.07, 6.45) is -3.23. The highest BCUT2D eigenvalue weighted by atomic mass is 35.5. The number of ether oxygens (including phenoxy) is 5. The molecular formula is C81H114BClF5N9O26P. The summed E-state index contributed by atoms with van der Waals surface area (Å²) < 4.78 is 117. The van der Waals surface area contributed by atoms with Gasteiger partial charge in [0.1, 0.15) is 34.3 Å². The van der Waals surface area contributed by atoms with E-state index in [0.29, 0.717) is 57.9 Å². The Morgan fingerprint density at radius 1 is 0.508 bits per heavy atom. The molecule has 0 aliphatic carbocycles. The van der Waals surface area contributed by atoms with Crippen molar-refractivity contribution in [3.63, 3.8) is 0 Å². The third-order valence-electron chi connectivity index (χ3n) is 14.9. The third-order valence-corrected chi connectivity index (χ3v) is 17.0. The van der Waals surface area contributed by atoms with Crippen LogP contribution in [0.25, 0.3) is 6.08 Å². The first-order chi connectivity index (χ1) is 56.8. The van der Waals surface area contributed by atoms with E-state index >= 15 is 0 Å². The number of alkyl halides is 5. The predicted molar refractivity (Wildman–Crippen MR) is 458 cm³/mol. The number of nitrogens with one attached hydrogen (secondary N) is 1. The average molecular weight is 1800 g/mol. The number of anilines is 2. The van der Waals surface area contributed by atoms with Gasteiger partial charge in [0.15, 0.2) is 13.3 Å². The molecule has 0 bridgehead atoms. The molecule has 689 valence electrons. The quantitative estimate of drug-likeness (QED) is 0.00281. The molecular weight excluding hydrogens is 1690 g/mol. The van der Waals surface area contributed by atoms with Gasteiger partial charge in [0.05, 0.1) is 46.0 Å². The first kappa shape index (κ1) is 117. The van der Waals surface area contributed by atoms with E-state index in [4.69, 9.17) is 76.4 Å². The van der Waals surface area contributed by atoms with Gasteiger partial charge in [-0.25, -0.2) is 41.5 Å². The molecule has 0 amide bonds. The van der Waals surface area contributed by atoms with Crippen molar-refractivity contribution in [3.8, 4) is 0 Å². The highest BCUT2D eigenvalue weighted by molar-refractivity contribution is 7.55. The minimum Gasteiger partial charge on any atom is -0.458 e. The standard InChI is InChI=1S/C16H23BFN2O3.C15H19FN2O6.C15H23FN2O2.C14H16FNO4.C10H20FO5P.C8H7NO3.C2H3ClO.CH3NO2/c1-10-5-6-11(19)7-12(10)13(8-20-17-9-21)14(18)15(22)23-16(2,3)4;1-9-5-6-10(18(22)23)7-11(9)12(8-17(20)21)13(16)14(19)24-15(2,3)4;1-9-5-6-10(18)7-11(9)12(8-17)13(16)14(19)20-15(2,3)4;1-9-5-6-11(16(18)19)7-10(9)8-12(15)13(17)20-14(2,3)4;1-6-14-17(13,15-7-2)8(11)9(12)16-10(3,4)5;1-6-2-3-8(9(11)12)4-7(6)5-10;3-1-2-4;1-2(3)4/h5-7,9,13-14,20H,8,19H2,1-4H3;5-7,12-13H,8H2,1-4H3;5-7,12-13H,8,17-18H2,1-4H3;5-8H,1-4H3;8H,6-7H2,1-5H3;2-5H,1H3;2H,1H2;1H3. The van der Waals surface area contributed by atoms with Gasteiger partial charge in [-0.15, -0.1) is 11.6 Å². The number of non-ortho nitro benzene ring substituents is 3. The lowest BCUT2D eigenvalue weighted by atomic mass is 9.87. The number of esters is 5. The van der Waals surface area contributed by atoms with Crippen LogP contribution in [0.2, 0.25) is 0 Å². The topological polar surface area (TPSA) is 524 Å². The van der Waals surface area contributed by atoms with Gasteiger partial charge in [0.25, 0.3) is 30.4 Å². The smallest absolute Gasteiger partial charge is 0.376 e. The van der Waals surface area contributed by atoms with Gasteiger partial charge >= 0.3 is 37.4 Å². The van der Waals surface area contributed by atoms with E-state index in [-0.39, 0.29) is 60.4 Å². The van der Waals surface area contributed by atoms with Gasteiger partial charge in [0.2, 0.25) is 30.9 Å². The molecule has 0 spiro atoms. The Hall–Kier alpha value is -11.1. The van der Waals surface area contributed by atoms with Gasteiger partial charge < -0.3 is 64.7 Å².